The molecule has 0 saturated heterocycles. The molecule has 3 aromatic carbocycles. The van der Waals surface area contributed by atoms with Gasteiger partial charge < -0.3 is 9.47 Å². The highest BCUT2D eigenvalue weighted by Gasteiger charge is 2.11. The summed E-state index contributed by atoms with van der Waals surface area (Å²) in [4.78, 5) is 24.3. The molecule has 0 fully saturated rings. The zero-order valence-corrected chi connectivity index (χ0v) is 20.5. The van der Waals surface area contributed by atoms with Gasteiger partial charge in [-0.3, -0.25) is 20.4 Å². The van der Waals surface area contributed by atoms with Crippen LogP contribution in [0.15, 0.2) is 75.7 Å². The Morgan fingerprint density at radius 1 is 0.844 bits per heavy atom. The Labute approximate surface area is 203 Å². The predicted molar refractivity (Wildman–Crippen MR) is 130 cm³/mol. The molecule has 2 amide bonds. The van der Waals surface area contributed by atoms with Crippen LogP contribution in [-0.4, -0.2) is 25.0 Å². The molecule has 0 spiro atoms. The van der Waals surface area contributed by atoms with Crippen molar-refractivity contribution in [3.05, 3.63) is 92.4 Å². The average Bonchev–Trinajstić information content (AvgIpc) is 2.78. The van der Waals surface area contributed by atoms with Gasteiger partial charge in [0.25, 0.3) is 11.8 Å². The average molecular weight is 562 g/mol. The summed E-state index contributed by atoms with van der Waals surface area (Å²) in [6.45, 7) is 2.24. The Balaban J connectivity index is 1.45. The van der Waals surface area contributed by atoms with Crippen molar-refractivity contribution in [1.82, 2.24) is 10.9 Å². The second-order valence-corrected chi connectivity index (χ2v) is 8.66. The van der Waals surface area contributed by atoms with Gasteiger partial charge in [-0.2, -0.15) is 0 Å². The maximum atomic E-state index is 12.3. The minimum Gasteiger partial charge on any atom is -0.492 e. The van der Waals surface area contributed by atoms with Crippen LogP contribution >= 0.6 is 31.9 Å². The fraction of sp³-hybridized carbons (Fsp3) is 0.167. The number of aryl methyl sites for hydroxylation is 1. The number of ether oxygens (including phenoxy) is 2. The van der Waals surface area contributed by atoms with Crippen LogP contribution in [0.2, 0.25) is 0 Å². The zero-order chi connectivity index (χ0) is 22.9. The quantitative estimate of drug-likeness (QED) is 0.380. The van der Waals surface area contributed by atoms with Crippen LogP contribution in [-0.2, 0) is 11.2 Å². The van der Waals surface area contributed by atoms with Crippen molar-refractivity contribution in [3.8, 4) is 11.5 Å². The highest BCUT2D eigenvalue weighted by Crippen LogP contribution is 2.27. The highest BCUT2D eigenvalue weighted by atomic mass is 79.9. The molecular formula is C24H22Br2N2O4. The predicted octanol–water partition coefficient (Wildman–Crippen LogP) is 4.98. The van der Waals surface area contributed by atoms with Crippen molar-refractivity contribution >= 4 is 43.7 Å². The number of hydrogen-bond acceptors (Lipinski definition) is 4. The van der Waals surface area contributed by atoms with Gasteiger partial charge in [0.05, 0.1) is 15.6 Å². The minimum atomic E-state index is -0.481. The molecule has 166 valence electrons. The van der Waals surface area contributed by atoms with Crippen LogP contribution in [0.25, 0.3) is 0 Å². The molecule has 2 N–H and O–H groups in total. The summed E-state index contributed by atoms with van der Waals surface area (Å²) in [5.74, 6) is 0.250. The highest BCUT2D eigenvalue weighted by molar-refractivity contribution is 9.10. The fourth-order valence-electron chi connectivity index (χ4n) is 2.78. The van der Waals surface area contributed by atoms with Crippen LogP contribution in [0.1, 0.15) is 21.5 Å². The van der Waals surface area contributed by atoms with E-state index in [-0.39, 0.29) is 6.61 Å². The lowest BCUT2D eigenvalue weighted by Gasteiger charge is -2.12. The van der Waals surface area contributed by atoms with Crippen LogP contribution in [0.4, 0.5) is 0 Å². The molecule has 0 atom stereocenters. The first kappa shape index (κ1) is 23.8. The number of halogens is 2. The minimum absolute atomic E-state index is 0.236. The Hall–Kier alpha value is -2.84. The van der Waals surface area contributed by atoms with Crippen molar-refractivity contribution in [1.29, 1.82) is 0 Å². The molecule has 0 aliphatic heterocycles. The van der Waals surface area contributed by atoms with E-state index in [1.165, 1.54) is 5.56 Å². The summed E-state index contributed by atoms with van der Waals surface area (Å²) in [6, 6.07) is 20.6. The molecule has 32 heavy (non-hydrogen) atoms. The SMILES string of the molecule is Cc1ccc(OCC(=O)NNC(=O)c2ccc(OCCc3ccccc3)c(Br)c2)c(Br)c1. The van der Waals surface area contributed by atoms with E-state index in [9.17, 15) is 9.59 Å². The number of benzene rings is 3. The lowest BCUT2D eigenvalue weighted by Crippen LogP contribution is -2.43. The van der Waals surface area contributed by atoms with E-state index < -0.39 is 11.8 Å². The van der Waals surface area contributed by atoms with Gasteiger partial charge in [-0.1, -0.05) is 36.4 Å². The molecule has 8 heteroatoms. The first-order valence-electron chi connectivity index (χ1n) is 9.87. The maximum Gasteiger partial charge on any atom is 0.276 e. The Morgan fingerprint density at radius 2 is 1.53 bits per heavy atom. The lowest BCUT2D eigenvalue weighted by atomic mass is 10.2. The van der Waals surface area contributed by atoms with E-state index in [4.69, 9.17) is 9.47 Å². The van der Waals surface area contributed by atoms with E-state index >= 15 is 0 Å². The number of hydrazine groups is 1. The van der Waals surface area contributed by atoms with E-state index in [1.54, 1.807) is 24.3 Å². The molecule has 0 saturated carbocycles. The third-order valence-corrected chi connectivity index (χ3v) is 5.69. The number of rotatable bonds is 8. The molecule has 0 aromatic heterocycles. The Kier molecular flexibility index (Phi) is 8.70. The lowest BCUT2D eigenvalue weighted by molar-refractivity contribution is -0.123. The number of carbonyl (C=O) groups excluding carboxylic acids is 2. The number of hydrogen-bond donors (Lipinski definition) is 2. The number of amides is 2. The second-order valence-electron chi connectivity index (χ2n) is 6.95. The monoisotopic (exact) mass is 560 g/mol. The third kappa shape index (κ3) is 7.10. The Bertz CT molecular complexity index is 1090. The van der Waals surface area contributed by atoms with Gasteiger partial charge in [0.1, 0.15) is 11.5 Å². The fourth-order valence-corrected chi connectivity index (χ4v) is 3.88. The largest absolute Gasteiger partial charge is 0.492 e. The molecule has 0 bridgehead atoms. The van der Waals surface area contributed by atoms with Crippen LogP contribution < -0.4 is 20.3 Å². The molecule has 6 nitrogen and oxygen atoms in total. The van der Waals surface area contributed by atoms with E-state index in [0.717, 1.165) is 16.5 Å². The van der Waals surface area contributed by atoms with Gasteiger partial charge in [0.2, 0.25) is 0 Å². The van der Waals surface area contributed by atoms with Gasteiger partial charge in [-0.25, -0.2) is 0 Å². The maximum absolute atomic E-state index is 12.3. The number of nitrogens with one attached hydrogen (secondary N) is 2. The van der Waals surface area contributed by atoms with Crippen molar-refractivity contribution in [2.45, 2.75) is 13.3 Å². The summed E-state index contributed by atoms with van der Waals surface area (Å²) in [5.41, 5.74) is 7.35. The van der Waals surface area contributed by atoms with E-state index in [0.29, 0.717) is 28.1 Å². The molecule has 0 heterocycles. The first-order chi connectivity index (χ1) is 15.4. The topological polar surface area (TPSA) is 76.7 Å². The van der Waals surface area contributed by atoms with Crippen LogP contribution in [0.5, 0.6) is 11.5 Å². The summed E-state index contributed by atoms with van der Waals surface area (Å²) in [6.07, 6.45) is 0.781. The van der Waals surface area contributed by atoms with Gasteiger partial charge in [-0.15, -0.1) is 0 Å². The van der Waals surface area contributed by atoms with Crippen molar-refractivity contribution in [2.24, 2.45) is 0 Å². The van der Waals surface area contributed by atoms with Gasteiger partial charge in [0, 0.05) is 12.0 Å². The van der Waals surface area contributed by atoms with Gasteiger partial charge >= 0.3 is 0 Å². The molecule has 3 aromatic rings. The normalized spacial score (nSPS) is 10.3. The van der Waals surface area contributed by atoms with Crippen molar-refractivity contribution in [2.75, 3.05) is 13.2 Å². The van der Waals surface area contributed by atoms with Gasteiger partial charge in [0.15, 0.2) is 6.61 Å². The number of carbonyl (C=O) groups is 2. The smallest absolute Gasteiger partial charge is 0.276 e. The Morgan fingerprint density at radius 3 is 2.25 bits per heavy atom. The molecule has 0 unspecified atom stereocenters. The third-order valence-electron chi connectivity index (χ3n) is 4.45. The molecule has 0 aliphatic rings. The molecular weight excluding hydrogens is 540 g/mol. The zero-order valence-electron chi connectivity index (χ0n) is 17.4. The standard InChI is InChI=1S/C24H22Br2N2O4/c1-16-7-9-22(19(25)13-16)32-15-23(29)27-28-24(30)18-8-10-21(20(26)14-18)31-12-11-17-5-3-2-4-6-17/h2-10,13-14H,11-12,15H2,1H3,(H,27,29)(H,28,30). The van der Waals surface area contributed by atoms with Crippen LogP contribution in [0.3, 0.4) is 0 Å². The molecule has 0 radical (unpaired) electrons. The van der Waals surface area contributed by atoms with Crippen molar-refractivity contribution in [3.63, 3.8) is 0 Å². The summed E-state index contributed by atoms with van der Waals surface area (Å²) in [7, 11) is 0. The second kappa shape index (κ2) is 11.7. The van der Waals surface area contributed by atoms with Gasteiger partial charge in [-0.05, 0) is 80.2 Å². The molecule has 0 aliphatic carbocycles. The summed E-state index contributed by atoms with van der Waals surface area (Å²) < 4.78 is 12.7. The molecule has 3 rings (SSSR count). The van der Waals surface area contributed by atoms with E-state index in [1.807, 2.05) is 49.4 Å². The van der Waals surface area contributed by atoms with Crippen molar-refractivity contribution < 1.29 is 19.1 Å². The summed E-state index contributed by atoms with van der Waals surface area (Å²) in [5, 5.41) is 0. The van der Waals surface area contributed by atoms with E-state index in [2.05, 4.69) is 42.7 Å². The van der Waals surface area contributed by atoms with Crippen LogP contribution in [0, 0.1) is 6.92 Å². The first-order valence-corrected chi connectivity index (χ1v) is 11.5. The summed E-state index contributed by atoms with van der Waals surface area (Å²) >= 11 is 6.82.